The number of likely N-dealkylation sites (tertiary alicyclic amines) is 1. The molecule has 2 fully saturated rings. The maximum Gasteiger partial charge on any atom is 0.0509 e. The van der Waals surface area contributed by atoms with Crippen LogP contribution in [0.25, 0.3) is 0 Å². The van der Waals surface area contributed by atoms with Crippen LogP contribution >= 0.6 is 0 Å². The quantitative estimate of drug-likeness (QED) is 0.736. The molecule has 0 amide bonds. The molecule has 0 radical (unpaired) electrons. The largest absolute Gasteiger partial charge is 0.381 e. The summed E-state index contributed by atoms with van der Waals surface area (Å²) in [5.41, 5.74) is 0. The third-order valence-corrected chi connectivity index (χ3v) is 4.70. The number of piperidine rings is 1. The van der Waals surface area contributed by atoms with Crippen molar-refractivity contribution < 1.29 is 4.74 Å². The van der Waals surface area contributed by atoms with Gasteiger partial charge in [0.1, 0.15) is 0 Å². The van der Waals surface area contributed by atoms with Crippen LogP contribution < -0.4 is 5.32 Å². The highest BCUT2D eigenvalue weighted by Gasteiger charge is 2.22. The Morgan fingerprint density at radius 1 is 1.33 bits per heavy atom. The smallest absolute Gasteiger partial charge is 0.0509 e. The van der Waals surface area contributed by atoms with E-state index in [1.165, 1.54) is 45.2 Å². The van der Waals surface area contributed by atoms with Gasteiger partial charge in [-0.1, -0.05) is 6.42 Å². The standard InChI is InChI=1S/C15H30N2O/c1-13-6-3-4-9-17(13)10-5-8-16-14(2)15-7-11-18-12-15/h13-16H,3-12H2,1-2H3. The number of nitrogens with one attached hydrogen (secondary N) is 1. The number of ether oxygens (including phenoxy) is 1. The van der Waals surface area contributed by atoms with E-state index >= 15 is 0 Å². The molecule has 2 rings (SSSR count). The summed E-state index contributed by atoms with van der Waals surface area (Å²) in [6, 6.07) is 1.42. The predicted molar refractivity (Wildman–Crippen MR) is 75.9 cm³/mol. The molecule has 3 nitrogen and oxygen atoms in total. The highest BCUT2D eigenvalue weighted by molar-refractivity contribution is 4.77. The van der Waals surface area contributed by atoms with Crippen molar-refractivity contribution >= 4 is 0 Å². The SMILES string of the molecule is CC(NCCCN1CCCCC1C)C1CCOC1. The van der Waals surface area contributed by atoms with Crippen molar-refractivity contribution in [2.75, 3.05) is 32.8 Å². The lowest BCUT2D eigenvalue weighted by Gasteiger charge is -2.33. The molecule has 0 aromatic rings. The van der Waals surface area contributed by atoms with Gasteiger partial charge in [-0.25, -0.2) is 0 Å². The average Bonchev–Trinajstić information content (AvgIpc) is 2.90. The molecule has 106 valence electrons. The first-order valence-electron chi connectivity index (χ1n) is 7.82. The van der Waals surface area contributed by atoms with Crippen LogP contribution in [0.4, 0.5) is 0 Å². The normalized spacial score (nSPS) is 31.7. The molecule has 18 heavy (non-hydrogen) atoms. The molecular weight excluding hydrogens is 224 g/mol. The van der Waals surface area contributed by atoms with Gasteiger partial charge in [-0.2, -0.15) is 0 Å². The van der Waals surface area contributed by atoms with Gasteiger partial charge in [0.05, 0.1) is 6.61 Å². The molecule has 2 heterocycles. The van der Waals surface area contributed by atoms with E-state index in [0.29, 0.717) is 6.04 Å². The summed E-state index contributed by atoms with van der Waals surface area (Å²) in [5.74, 6) is 0.735. The van der Waals surface area contributed by atoms with E-state index in [9.17, 15) is 0 Å². The molecule has 0 saturated carbocycles. The van der Waals surface area contributed by atoms with Crippen molar-refractivity contribution in [3.05, 3.63) is 0 Å². The highest BCUT2D eigenvalue weighted by atomic mass is 16.5. The van der Waals surface area contributed by atoms with Crippen molar-refractivity contribution in [3.63, 3.8) is 0 Å². The van der Waals surface area contributed by atoms with Crippen LogP contribution in [0.5, 0.6) is 0 Å². The maximum atomic E-state index is 5.45. The fourth-order valence-electron chi connectivity index (χ4n) is 3.22. The van der Waals surface area contributed by atoms with E-state index in [2.05, 4.69) is 24.1 Å². The number of nitrogens with zero attached hydrogens (tertiary/aromatic N) is 1. The topological polar surface area (TPSA) is 24.5 Å². The molecule has 2 saturated heterocycles. The van der Waals surface area contributed by atoms with Crippen molar-refractivity contribution in [1.29, 1.82) is 0 Å². The van der Waals surface area contributed by atoms with Crippen LogP contribution in [-0.4, -0.2) is 49.8 Å². The first-order valence-corrected chi connectivity index (χ1v) is 7.82. The predicted octanol–water partition coefficient (Wildman–Crippen LogP) is 2.27. The fourth-order valence-corrected chi connectivity index (χ4v) is 3.22. The molecule has 0 aromatic heterocycles. The molecule has 2 aliphatic rings. The zero-order valence-corrected chi connectivity index (χ0v) is 12.2. The van der Waals surface area contributed by atoms with Crippen LogP contribution in [0.3, 0.4) is 0 Å². The van der Waals surface area contributed by atoms with E-state index in [-0.39, 0.29) is 0 Å². The van der Waals surface area contributed by atoms with Crippen LogP contribution in [0, 0.1) is 5.92 Å². The second-order valence-corrected chi connectivity index (χ2v) is 6.10. The summed E-state index contributed by atoms with van der Waals surface area (Å²) in [7, 11) is 0. The lowest BCUT2D eigenvalue weighted by atomic mass is 10.0. The minimum absolute atomic E-state index is 0.617. The van der Waals surface area contributed by atoms with Gasteiger partial charge >= 0.3 is 0 Å². The molecule has 2 aliphatic heterocycles. The lowest BCUT2D eigenvalue weighted by Crippen LogP contribution is -2.40. The van der Waals surface area contributed by atoms with E-state index in [1.807, 2.05) is 0 Å². The number of rotatable bonds is 6. The van der Waals surface area contributed by atoms with Crippen LogP contribution in [0.15, 0.2) is 0 Å². The van der Waals surface area contributed by atoms with E-state index in [4.69, 9.17) is 4.74 Å². The summed E-state index contributed by atoms with van der Waals surface area (Å²) in [5, 5.41) is 3.67. The Kier molecular flexibility index (Phi) is 5.93. The van der Waals surface area contributed by atoms with Gasteiger partial charge in [-0.15, -0.1) is 0 Å². The fraction of sp³-hybridized carbons (Fsp3) is 1.00. The first kappa shape index (κ1) is 14.3. The van der Waals surface area contributed by atoms with Crippen LogP contribution in [-0.2, 0) is 4.74 Å². The Morgan fingerprint density at radius 3 is 2.94 bits per heavy atom. The van der Waals surface area contributed by atoms with Gasteiger partial charge in [-0.3, -0.25) is 0 Å². The highest BCUT2D eigenvalue weighted by Crippen LogP contribution is 2.17. The summed E-state index contributed by atoms with van der Waals surface area (Å²) in [6.07, 6.45) is 6.73. The lowest BCUT2D eigenvalue weighted by molar-refractivity contribution is 0.157. The van der Waals surface area contributed by atoms with Gasteiger partial charge in [0.2, 0.25) is 0 Å². The Balaban J connectivity index is 1.54. The van der Waals surface area contributed by atoms with Gasteiger partial charge in [0, 0.05) is 18.7 Å². The second-order valence-electron chi connectivity index (χ2n) is 6.10. The Bertz CT molecular complexity index is 229. The molecular formula is C15H30N2O. The second kappa shape index (κ2) is 7.46. The molecule has 0 bridgehead atoms. The summed E-state index contributed by atoms with van der Waals surface area (Å²) in [6.45, 7) is 10.3. The van der Waals surface area contributed by atoms with Gasteiger partial charge < -0.3 is 15.0 Å². The van der Waals surface area contributed by atoms with Gasteiger partial charge in [0.25, 0.3) is 0 Å². The third kappa shape index (κ3) is 4.22. The Labute approximate surface area is 112 Å². The van der Waals surface area contributed by atoms with Gasteiger partial charge in [-0.05, 0) is 65.1 Å². The van der Waals surface area contributed by atoms with Gasteiger partial charge in [0.15, 0.2) is 0 Å². The summed E-state index contributed by atoms with van der Waals surface area (Å²) >= 11 is 0. The monoisotopic (exact) mass is 254 g/mol. The summed E-state index contributed by atoms with van der Waals surface area (Å²) in [4.78, 5) is 2.66. The van der Waals surface area contributed by atoms with E-state index < -0.39 is 0 Å². The molecule has 3 heteroatoms. The molecule has 0 aromatic carbocycles. The molecule has 3 atom stereocenters. The summed E-state index contributed by atoms with van der Waals surface area (Å²) < 4.78 is 5.45. The molecule has 0 spiro atoms. The minimum atomic E-state index is 0.617. The maximum absolute atomic E-state index is 5.45. The van der Waals surface area contributed by atoms with E-state index in [0.717, 1.165) is 31.7 Å². The van der Waals surface area contributed by atoms with E-state index in [1.54, 1.807) is 0 Å². The number of hydrogen-bond acceptors (Lipinski definition) is 3. The number of hydrogen-bond donors (Lipinski definition) is 1. The van der Waals surface area contributed by atoms with Crippen molar-refractivity contribution in [1.82, 2.24) is 10.2 Å². The van der Waals surface area contributed by atoms with Crippen LogP contribution in [0.2, 0.25) is 0 Å². The van der Waals surface area contributed by atoms with Crippen LogP contribution in [0.1, 0.15) is 46.0 Å². The third-order valence-electron chi connectivity index (χ3n) is 4.70. The van der Waals surface area contributed by atoms with Crippen molar-refractivity contribution in [3.8, 4) is 0 Å². The molecule has 1 N–H and O–H groups in total. The Hall–Kier alpha value is -0.120. The zero-order valence-electron chi connectivity index (χ0n) is 12.2. The minimum Gasteiger partial charge on any atom is -0.381 e. The van der Waals surface area contributed by atoms with Crippen molar-refractivity contribution in [2.45, 2.75) is 58.0 Å². The average molecular weight is 254 g/mol. The molecule has 0 aliphatic carbocycles. The van der Waals surface area contributed by atoms with Crippen molar-refractivity contribution in [2.24, 2.45) is 5.92 Å². The Morgan fingerprint density at radius 2 is 2.22 bits per heavy atom. The zero-order chi connectivity index (χ0) is 12.8. The first-order chi connectivity index (χ1) is 8.77. The molecule has 3 unspecified atom stereocenters.